The van der Waals surface area contributed by atoms with Crippen molar-refractivity contribution in [3.8, 4) is 0 Å². The van der Waals surface area contributed by atoms with E-state index in [2.05, 4.69) is 29.3 Å². The lowest BCUT2D eigenvalue weighted by Gasteiger charge is -2.35. The first-order valence-electron chi connectivity index (χ1n) is 5.92. The van der Waals surface area contributed by atoms with E-state index in [1.807, 2.05) is 0 Å². The van der Waals surface area contributed by atoms with Crippen LogP contribution < -0.4 is 11.1 Å². The predicted octanol–water partition coefficient (Wildman–Crippen LogP) is -0.175. The largest absolute Gasteiger partial charge is 0.409 e. The van der Waals surface area contributed by atoms with Crippen LogP contribution in [0.3, 0.4) is 0 Å². The number of piperidine rings is 1. The number of carbonyl (C=O) groups is 1. The van der Waals surface area contributed by atoms with Crippen LogP contribution in [-0.2, 0) is 4.79 Å². The van der Waals surface area contributed by atoms with Crippen LogP contribution in [0, 0.1) is 11.8 Å². The molecule has 0 saturated carbocycles. The topological polar surface area (TPSA) is 91.0 Å². The highest BCUT2D eigenvalue weighted by Gasteiger charge is 2.27. The molecule has 1 amide bonds. The van der Waals surface area contributed by atoms with Gasteiger partial charge in [0.05, 0.1) is 5.92 Å². The van der Waals surface area contributed by atoms with E-state index in [-0.39, 0.29) is 17.8 Å². The molecule has 98 valence electrons. The Balaban J connectivity index is 2.51. The lowest BCUT2D eigenvalue weighted by atomic mass is 9.93. The highest BCUT2D eigenvalue weighted by Crippen LogP contribution is 2.15. The maximum Gasteiger partial charge on any atom is 0.230 e. The monoisotopic (exact) mass is 242 g/mol. The van der Waals surface area contributed by atoms with Gasteiger partial charge in [-0.05, 0) is 32.9 Å². The Kier molecular flexibility index (Phi) is 4.74. The number of rotatable bonds is 3. The Morgan fingerprint density at radius 1 is 1.65 bits per heavy atom. The first-order valence-corrected chi connectivity index (χ1v) is 5.92. The van der Waals surface area contributed by atoms with Gasteiger partial charge in [0.25, 0.3) is 0 Å². The lowest BCUT2D eigenvalue weighted by molar-refractivity contribution is -0.124. The summed E-state index contributed by atoms with van der Waals surface area (Å²) < 4.78 is 0. The molecule has 0 aliphatic carbocycles. The summed E-state index contributed by atoms with van der Waals surface area (Å²) in [6.45, 7) is 5.70. The molecule has 1 aliphatic heterocycles. The van der Waals surface area contributed by atoms with Crippen LogP contribution in [0.5, 0.6) is 0 Å². The average Bonchev–Trinajstić information content (AvgIpc) is 2.30. The van der Waals surface area contributed by atoms with Crippen molar-refractivity contribution in [1.29, 1.82) is 0 Å². The average molecular weight is 242 g/mol. The van der Waals surface area contributed by atoms with Crippen molar-refractivity contribution in [2.45, 2.75) is 26.3 Å². The summed E-state index contributed by atoms with van der Waals surface area (Å²) in [5.41, 5.74) is 5.41. The summed E-state index contributed by atoms with van der Waals surface area (Å²) in [5.74, 6) is -0.408. The van der Waals surface area contributed by atoms with Crippen LogP contribution >= 0.6 is 0 Å². The third-order valence-corrected chi connectivity index (χ3v) is 3.39. The maximum atomic E-state index is 11.8. The van der Waals surface area contributed by atoms with E-state index < -0.39 is 5.92 Å². The highest BCUT2D eigenvalue weighted by molar-refractivity contribution is 6.01. The van der Waals surface area contributed by atoms with E-state index in [0.717, 1.165) is 19.5 Å². The zero-order chi connectivity index (χ0) is 13.0. The van der Waals surface area contributed by atoms with Crippen LogP contribution in [0.4, 0.5) is 0 Å². The van der Waals surface area contributed by atoms with Gasteiger partial charge in [0.15, 0.2) is 5.84 Å². The Morgan fingerprint density at radius 3 is 2.82 bits per heavy atom. The number of amidine groups is 1. The van der Waals surface area contributed by atoms with Crippen molar-refractivity contribution < 1.29 is 10.0 Å². The first kappa shape index (κ1) is 13.8. The van der Waals surface area contributed by atoms with Crippen molar-refractivity contribution >= 4 is 11.7 Å². The minimum absolute atomic E-state index is 0.0527. The summed E-state index contributed by atoms with van der Waals surface area (Å²) >= 11 is 0. The fraction of sp³-hybridized carbons (Fsp3) is 0.818. The second kappa shape index (κ2) is 5.86. The molecule has 1 fully saturated rings. The van der Waals surface area contributed by atoms with Crippen molar-refractivity contribution in [2.75, 3.05) is 20.1 Å². The van der Waals surface area contributed by atoms with Crippen LogP contribution in [0.1, 0.15) is 20.3 Å². The Labute approximate surface area is 102 Å². The highest BCUT2D eigenvalue weighted by atomic mass is 16.4. The molecule has 0 bridgehead atoms. The molecule has 1 rings (SSSR count). The number of hydrogen-bond acceptors (Lipinski definition) is 4. The van der Waals surface area contributed by atoms with Crippen molar-refractivity contribution in [2.24, 2.45) is 22.7 Å². The number of amides is 1. The van der Waals surface area contributed by atoms with E-state index in [1.165, 1.54) is 0 Å². The van der Waals surface area contributed by atoms with Gasteiger partial charge in [0.1, 0.15) is 0 Å². The molecule has 6 nitrogen and oxygen atoms in total. The molecule has 3 atom stereocenters. The smallest absolute Gasteiger partial charge is 0.230 e. The molecule has 1 saturated heterocycles. The Bertz CT molecular complexity index is 306. The molecule has 17 heavy (non-hydrogen) atoms. The summed E-state index contributed by atoms with van der Waals surface area (Å²) in [5, 5.41) is 14.3. The zero-order valence-electron chi connectivity index (χ0n) is 10.7. The number of carbonyl (C=O) groups excluding carboxylic acids is 1. The number of nitrogens with zero attached hydrogens (tertiary/aromatic N) is 2. The Morgan fingerprint density at radius 2 is 2.29 bits per heavy atom. The standard InChI is InChI=1S/C11H22N4O2/c1-7-6-15(3)5-4-9(7)13-11(16)8(2)10(12)14-17/h7-9,17H,4-6H2,1-3H3,(H2,12,14)(H,13,16). The van der Waals surface area contributed by atoms with Gasteiger partial charge in [-0.2, -0.15) is 0 Å². The minimum Gasteiger partial charge on any atom is -0.409 e. The zero-order valence-corrected chi connectivity index (χ0v) is 10.7. The summed E-state index contributed by atoms with van der Waals surface area (Å²) in [4.78, 5) is 14.1. The number of nitrogens with one attached hydrogen (secondary N) is 1. The molecule has 0 radical (unpaired) electrons. The summed E-state index contributed by atoms with van der Waals surface area (Å²) in [7, 11) is 2.08. The van der Waals surface area contributed by atoms with E-state index in [0.29, 0.717) is 5.92 Å². The van der Waals surface area contributed by atoms with Crippen molar-refractivity contribution in [3.63, 3.8) is 0 Å². The van der Waals surface area contributed by atoms with Crippen molar-refractivity contribution in [1.82, 2.24) is 10.2 Å². The van der Waals surface area contributed by atoms with Crippen molar-refractivity contribution in [3.05, 3.63) is 0 Å². The number of likely N-dealkylation sites (tertiary alicyclic amines) is 1. The fourth-order valence-corrected chi connectivity index (χ4v) is 2.10. The number of oxime groups is 1. The van der Waals surface area contributed by atoms with Crippen LogP contribution in [0.25, 0.3) is 0 Å². The van der Waals surface area contributed by atoms with Gasteiger partial charge < -0.3 is 21.2 Å². The Hall–Kier alpha value is -1.30. The fourth-order valence-electron chi connectivity index (χ4n) is 2.10. The van der Waals surface area contributed by atoms with E-state index in [4.69, 9.17) is 10.9 Å². The third-order valence-electron chi connectivity index (χ3n) is 3.39. The molecule has 0 spiro atoms. The third kappa shape index (κ3) is 3.59. The van der Waals surface area contributed by atoms with Crippen LogP contribution in [0.2, 0.25) is 0 Å². The van der Waals surface area contributed by atoms with E-state index in [1.54, 1.807) is 6.92 Å². The molecule has 3 unspecified atom stereocenters. The summed E-state index contributed by atoms with van der Waals surface area (Å²) in [6.07, 6.45) is 0.937. The molecule has 0 aromatic heterocycles. The van der Waals surface area contributed by atoms with Gasteiger partial charge in [0.2, 0.25) is 5.91 Å². The molecule has 1 aliphatic rings. The molecule has 1 heterocycles. The molecular weight excluding hydrogens is 220 g/mol. The maximum absolute atomic E-state index is 11.8. The molecular formula is C11H22N4O2. The molecule has 0 aromatic rings. The van der Waals surface area contributed by atoms with Gasteiger partial charge in [0, 0.05) is 12.6 Å². The normalized spacial score (nSPS) is 28.8. The quantitative estimate of drug-likeness (QED) is 0.277. The van der Waals surface area contributed by atoms with Gasteiger partial charge in [-0.25, -0.2) is 0 Å². The SMILES string of the molecule is CC(C(=O)NC1CCN(C)CC1C)C(N)=NO. The number of nitrogens with two attached hydrogens (primary N) is 1. The predicted molar refractivity (Wildman–Crippen MR) is 65.8 cm³/mol. The van der Waals surface area contributed by atoms with E-state index >= 15 is 0 Å². The lowest BCUT2D eigenvalue weighted by Crippen LogP contribution is -2.51. The van der Waals surface area contributed by atoms with Gasteiger partial charge >= 0.3 is 0 Å². The summed E-state index contributed by atoms with van der Waals surface area (Å²) in [6, 6.07) is 0.174. The molecule has 4 N–H and O–H groups in total. The molecule has 0 aromatic carbocycles. The van der Waals surface area contributed by atoms with Gasteiger partial charge in [-0.3, -0.25) is 4.79 Å². The number of hydrogen-bond donors (Lipinski definition) is 3. The van der Waals surface area contributed by atoms with Crippen LogP contribution in [0.15, 0.2) is 5.16 Å². The van der Waals surface area contributed by atoms with Gasteiger partial charge in [-0.1, -0.05) is 12.1 Å². The molecule has 6 heteroatoms. The second-order valence-electron chi connectivity index (χ2n) is 4.89. The van der Waals surface area contributed by atoms with Crippen LogP contribution in [-0.4, -0.2) is 48.0 Å². The van der Waals surface area contributed by atoms with Gasteiger partial charge in [-0.15, -0.1) is 0 Å². The second-order valence-corrected chi connectivity index (χ2v) is 4.89. The minimum atomic E-state index is -0.591. The first-order chi connectivity index (χ1) is 7.95. The van der Waals surface area contributed by atoms with E-state index in [9.17, 15) is 4.79 Å².